The van der Waals surface area contributed by atoms with Gasteiger partial charge in [0, 0.05) is 44.1 Å². The number of nitrogens with zero attached hydrogens (tertiary/aromatic N) is 3. The van der Waals surface area contributed by atoms with Gasteiger partial charge in [-0.3, -0.25) is 5.41 Å². The predicted molar refractivity (Wildman–Crippen MR) is 308 cm³/mol. The highest BCUT2D eigenvalue weighted by Gasteiger charge is 2.23. The highest BCUT2D eigenvalue weighted by molar-refractivity contribution is 6.18. The van der Waals surface area contributed by atoms with Crippen LogP contribution in [0.1, 0.15) is 47.2 Å². The van der Waals surface area contributed by atoms with Crippen LogP contribution in [-0.2, 0) is 6.42 Å². The van der Waals surface area contributed by atoms with Crippen molar-refractivity contribution < 1.29 is 0 Å². The van der Waals surface area contributed by atoms with E-state index in [4.69, 9.17) is 5.41 Å². The van der Waals surface area contributed by atoms with Crippen molar-refractivity contribution in [3.05, 3.63) is 276 Å². The Morgan fingerprint density at radius 1 is 0.444 bits per heavy atom. The summed E-state index contributed by atoms with van der Waals surface area (Å²) in [6.45, 7) is 10.7. The van der Waals surface area contributed by atoms with Crippen molar-refractivity contribution in [2.24, 2.45) is 4.99 Å². The zero-order valence-corrected chi connectivity index (χ0v) is 41.6. The largest absolute Gasteiger partial charge is 0.307 e. The van der Waals surface area contributed by atoms with Crippen molar-refractivity contribution in [2.75, 3.05) is 0 Å². The summed E-state index contributed by atoms with van der Waals surface area (Å²) >= 11 is 0. The third-order valence-electron chi connectivity index (χ3n) is 13.7. The van der Waals surface area contributed by atoms with Crippen LogP contribution in [0.4, 0.5) is 0 Å². The molecule has 12 rings (SSSR count). The van der Waals surface area contributed by atoms with Gasteiger partial charge in [0.1, 0.15) is 0 Å². The van der Waals surface area contributed by atoms with Gasteiger partial charge in [0.05, 0.1) is 27.8 Å². The molecule has 0 aliphatic heterocycles. The van der Waals surface area contributed by atoms with E-state index >= 15 is 0 Å². The lowest BCUT2D eigenvalue weighted by Gasteiger charge is -2.17. The predicted octanol–water partition coefficient (Wildman–Crippen LogP) is 17.9. The van der Waals surface area contributed by atoms with Gasteiger partial charge in [0.15, 0.2) is 5.84 Å². The van der Waals surface area contributed by atoms with E-state index in [0.29, 0.717) is 5.84 Å². The SMILES string of the molecule is CC(=NC(=N)c1ccccc1)c1ccccc1.CCc1cccc(-c2cccc3c4cccc(-n5c6ccccc6c6ccc(-c7ccccc7C)c(C)c65)c4n(-c4ccccc4)c23)c1.Cc1ccccc1. The smallest absolute Gasteiger partial charge is 0.152 e. The first-order valence-corrected chi connectivity index (χ1v) is 24.9. The monoisotopic (exact) mass is 930 g/mol. The summed E-state index contributed by atoms with van der Waals surface area (Å²) in [5.41, 5.74) is 20.3. The summed E-state index contributed by atoms with van der Waals surface area (Å²) in [6.07, 6.45) is 1.01. The van der Waals surface area contributed by atoms with E-state index in [1.54, 1.807) is 0 Å². The molecule has 0 amide bonds. The Hall–Kier alpha value is -8.86. The molecule has 0 atom stereocenters. The van der Waals surface area contributed by atoms with Crippen LogP contribution in [-0.4, -0.2) is 20.7 Å². The van der Waals surface area contributed by atoms with Crippen LogP contribution in [0.3, 0.4) is 0 Å². The number of hydrogen-bond acceptors (Lipinski definition) is 1. The molecule has 0 radical (unpaired) electrons. The van der Waals surface area contributed by atoms with Gasteiger partial charge in [-0.05, 0) is 97.3 Å². The minimum Gasteiger partial charge on any atom is -0.307 e. The van der Waals surface area contributed by atoms with Crippen LogP contribution < -0.4 is 0 Å². The van der Waals surface area contributed by atoms with Gasteiger partial charge in [0.25, 0.3) is 0 Å². The maximum absolute atomic E-state index is 7.92. The van der Waals surface area contributed by atoms with E-state index in [9.17, 15) is 0 Å². The summed E-state index contributed by atoms with van der Waals surface area (Å²) in [5, 5.41) is 13.0. The Kier molecular flexibility index (Phi) is 13.7. The molecule has 10 aromatic carbocycles. The number of para-hydroxylation sites is 4. The number of aliphatic imine (C=N–C) groups is 1. The van der Waals surface area contributed by atoms with Crippen molar-refractivity contribution in [3.8, 4) is 33.6 Å². The van der Waals surface area contributed by atoms with Crippen LogP contribution >= 0.6 is 0 Å². The fourth-order valence-corrected chi connectivity index (χ4v) is 10.1. The molecule has 2 heterocycles. The molecule has 0 bridgehead atoms. The Morgan fingerprint density at radius 2 is 1.00 bits per heavy atom. The molecule has 0 aliphatic rings. The maximum Gasteiger partial charge on any atom is 0.152 e. The fraction of sp³-hybridized carbons (Fsp3) is 0.0882. The van der Waals surface area contributed by atoms with E-state index in [1.165, 1.54) is 93.8 Å². The standard InChI is InChI=1S/C46H36N2.C15H14N2.C7H8/c1-4-32-16-12-17-33(29-32)37-22-13-23-39-40-24-14-26-43(46(40)47(45(37)39)34-18-6-5-7-19-34)48-42-25-11-10-21-38(42)41-28-27-36(31(3)44(41)48)35-20-9-8-15-30(35)2;1-12(13-8-4-2-5-9-13)17-15(16)14-10-6-3-7-11-14;1-7-5-3-2-4-6-7/h5-29H,4H2,1-3H3;2-11,16H,1H3;2-6H,1H3. The van der Waals surface area contributed by atoms with E-state index in [-0.39, 0.29) is 0 Å². The molecular formula is C68H58N4. The minimum absolute atomic E-state index is 0.298. The molecule has 0 spiro atoms. The molecule has 72 heavy (non-hydrogen) atoms. The zero-order chi connectivity index (χ0) is 49.6. The van der Waals surface area contributed by atoms with Crippen LogP contribution in [0.5, 0.6) is 0 Å². The number of hydrogen-bond donors (Lipinski definition) is 1. The number of benzene rings is 10. The average molecular weight is 931 g/mol. The topological polar surface area (TPSA) is 46.1 Å². The van der Waals surface area contributed by atoms with E-state index < -0.39 is 0 Å². The van der Waals surface area contributed by atoms with Crippen molar-refractivity contribution >= 4 is 55.2 Å². The summed E-state index contributed by atoms with van der Waals surface area (Å²) in [5.74, 6) is 0.298. The maximum atomic E-state index is 7.92. The number of rotatable bonds is 7. The molecule has 12 aromatic rings. The first-order chi connectivity index (χ1) is 35.3. The lowest BCUT2D eigenvalue weighted by atomic mass is 9.95. The Labute approximate surface area is 423 Å². The van der Waals surface area contributed by atoms with E-state index in [2.05, 4.69) is 206 Å². The van der Waals surface area contributed by atoms with Crippen LogP contribution in [0.15, 0.2) is 248 Å². The number of amidine groups is 1. The Balaban J connectivity index is 0.000000204. The Bertz CT molecular complexity index is 3880. The van der Waals surface area contributed by atoms with Crippen LogP contribution in [0, 0.1) is 26.2 Å². The molecule has 0 unspecified atom stereocenters. The number of aryl methyl sites for hydroxylation is 4. The average Bonchev–Trinajstić information content (AvgIpc) is 3.96. The molecule has 4 heteroatoms. The van der Waals surface area contributed by atoms with Gasteiger partial charge in [-0.25, -0.2) is 4.99 Å². The van der Waals surface area contributed by atoms with Crippen LogP contribution in [0.25, 0.3) is 77.2 Å². The molecule has 0 saturated carbocycles. The van der Waals surface area contributed by atoms with Crippen molar-refractivity contribution in [3.63, 3.8) is 0 Å². The first-order valence-electron chi connectivity index (χ1n) is 24.9. The van der Waals surface area contributed by atoms with Gasteiger partial charge >= 0.3 is 0 Å². The van der Waals surface area contributed by atoms with Crippen LogP contribution in [0.2, 0.25) is 0 Å². The summed E-state index contributed by atoms with van der Waals surface area (Å²) < 4.78 is 5.04. The molecule has 4 nitrogen and oxygen atoms in total. The molecule has 1 N–H and O–H groups in total. The van der Waals surface area contributed by atoms with E-state index in [1.807, 2.05) is 85.8 Å². The van der Waals surface area contributed by atoms with Gasteiger partial charge < -0.3 is 9.13 Å². The summed E-state index contributed by atoms with van der Waals surface area (Å²) in [7, 11) is 0. The van der Waals surface area contributed by atoms with Gasteiger partial charge in [-0.2, -0.15) is 0 Å². The van der Waals surface area contributed by atoms with Crippen molar-refractivity contribution in [1.29, 1.82) is 5.41 Å². The minimum atomic E-state index is 0.298. The third-order valence-corrected chi connectivity index (χ3v) is 13.7. The molecule has 0 aliphatic carbocycles. The lowest BCUT2D eigenvalue weighted by molar-refractivity contribution is 1.12. The Morgan fingerprint density at radius 3 is 1.68 bits per heavy atom. The molecule has 0 fully saturated rings. The zero-order valence-electron chi connectivity index (χ0n) is 41.6. The summed E-state index contributed by atoms with van der Waals surface area (Å²) in [4.78, 5) is 4.32. The second-order valence-electron chi connectivity index (χ2n) is 18.3. The molecule has 2 aromatic heterocycles. The number of aromatic nitrogens is 2. The third kappa shape index (κ3) is 9.31. The quantitative estimate of drug-likeness (QED) is 0.122. The van der Waals surface area contributed by atoms with Crippen molar-refractivity contribution in [2.45, 2.75) is 41.0 Å². The molecule has 0 saturated heterocycles. The van der Waals surface area contributed by atoms with Gasteiger partial charge in [-0.15, -0.1) is 0 Å². The normalized spacial score (nSPS) is 11.3. The first kappa shape index (κ1) is 46.8. The number of fused-ring (bicyclic) bond motifs is 6. The lowest BCUT2D eigenvalue weighted by Crippen LogP contribution is -2.02. The molecular weight excluding hydrogens is 873 g/mol. The molecule has 350 valence electrons. The van der Waals surface area contributed by atoms with Gasteiger partial charge in [0.2, 0.25) is 0 Å². The van der Waals surface area contributed by atoms with Gasteiger partial charge in [-0.1, -0.05) is 231 Å². The van der Waals surface area contributed by atoms with E-state index in [0.717, 1.165) is 28.9 Å². The highest BCUT2D eigenvalue weighted by Crippen LogP contribution is 2.44. The second kappa shape index (κ2) is 21.0. The fourth-order valence-electron chi connectivity index (χ4n) is 10.1. The summed E-state index contributed by atoms with van der Waals surface area (Å²) in [6, 6.07) is 85.5. The number of nitrogens with one attached hydrogen (secondary N) is 1. The second-order valence-corrected chi connectivity index (χ2v) is 18.3. The highest BCUT2D eigenvalue weighted by atomic mass is 15.1. The van der Waals surface area contributed by atoms with Crippen molar-refractivity contribution in [1.82, 2.24) is 9.13 Å².